The van der Waals surface area contributed by atoms with Gasteiger partial charge in [0.15, 0.2) is 6.10 Å². The summed E-state index contributed by atoms with van der Waals surface area (Å²) in [4.78, 5) is 37.2. The van der Waals surface area contributed by atoms with Crippen molar-refractivity contribution in [2.24, 2.45) is 0 Å². The summed E-state index contributed by atoms with van der Waals surface area (Å²) in [5, 5.41) is 11.7. The van der Waals surface area contributed by atoms with Gasteiger partial charge in [-0.3, -0.25) is 9.59 Å². The number of hydrogen-bond donors (Lipinski definition) is 0. The van der Waals surface area contributed by atoms with Gasteiger partial charge in [-0.2, -0.15) is 0 Å². The van der Waals surface area contributed by atoms with Crippen LogP contribution >= 0.6 is 0 Å². The van der Waals surface area contributed by atoms with E-state index in [2.05, 4.69) is 62.5 Å². The third-order valence-electron chi connectivity index (χ3n) is 13.0. The van der Waals surface area contributed by atoms with Crippen LogP contribution in [-0.2, 0) is 28.6 Å². The number of unbranched alkanes of at least 4 members (excludes halogenated alkanes) is 30. The molecule has 0 aliphatic rings. The quantitative estimate of drug-likeness (QED) is 0.0259. The summed E-state index contributed by atoms with van der Waals surface area (Å²) in [7, 11) is 5.43. The molecule has 0 aliphatic carbocycles. The van der Waals surface area contributed by atoms with Gasteiger partial charge in [-0.1, -0.05) is 242 Å². The molecule has 0 fully saturated rings. The molecule has 0 N–H and O–H groups in total. The molecule has 0 heterocycles. The largest absolute Gasteiger partial charge is 0.544 e. The van der Waals surface area contributed by atoms with Crippen molar-refractivity contribution in [3.05, 3.63) is 48.6 Å². The molecule has 68 heavy (non-hydrogen) atoms. The van der Waals surface area contributed by atoms with Gasteiger partial charge in [0.1, 0.15) is 12.6 Å². The van der Waals surface area contributed by atoms with E-state index >= 15 is 0 Å². The molecule has 0 aliphatic heterocycles. The summed E-state index contributed by atoms with van der Waals surface area (Å²) in [6.07, 6.45) is 62.9. The van der Waals surface area contributed by atoms with Gasteiger partial charge in [0.25, 0.3) is 0 Å². The number of rotatable bonds is 52. The Labute approximate surface area is 420 Å². The summed E-state index contributed by atoms with van der Waals surface area (Å²) in [5.41, 5.74) is 0. The standard InChI is InChI=1S/C60H109NO7/c1-6-8-10-12-14-16-18-20-22-24-26-28-30-32-34-36-38-40-42-44-46-48-50-58(62)67-55-56(54-66-53-52-57(60(64)65)61(3,4)5)68-59(63)51-49-47-45-43-41-39-37-35-33-31-29-27-25-23-21-19-17-15-13-11-9-7-2/h9,11,15,17,21,23,27,29,56-57H,6-8,10,12-14,16,18-20,22,24-26,28,30-55H2,1-5H3/b11-9+,17-15+,23-21+,29-27+. The second kappa shape index (κ2) is 50.7. The Hall–Kier alpha value is -2.71. The first-order valence-corrected chi connectivity index (χ1v) is 28.7. The van der Waals surface area contributed by atoms with Crippen LogP contribution in [0.25, 0.3) is 0 Å². The molecule has 0 saturated heterocycles. The Morgan fingerprint density at radius 1 is 0.456 bits per heavy atom. The molecule has 8 heteroatoms. The molecule has 0 spiro atoms. The van der Waals surface area contributed by atoms with Crippen LogP contribution in [0.4, 0.5) is 0 Å². The minimum Gasteiger partial charge on any atom is -0.544 e. The number of allylic oxidation sites excluding steroid dienone is 8. The van der Waals surface area contributed by atoms with Gasteiger partial charge in [0, 0.05) is 19.3 Å². The van der Waals surface area contributed by atoms with Crippen molar-refractivity contribution in [3.8, 4) is 0 Å². The molecular formula is C60H109NO7. The van der Waals surface area contributed by atoms with E-state index in [-0.39, 0.29) is 42.7 Å². The lowest BCUT2D eigenvalue weighted by Gasteiger charge is -2.34. The zero-order chi connectivity index (χ0) is 49.9. The van der Waals surface area contributed by atoms with E-state index in [1.54, 1.807) is 0 Å². The van der Waals surface area contributed by atoms with Gasteiger partial charge in [-0.25, -0.2) is 0 Å². The Morgan fingerprint density at radius 3 is 1.22 bits per heavy atom. The van der Waals surface area contributed by atoms with Crippen molar-refractivity contribution >= 4 is 17.9 Å². The third kappa shape index (κ3) is 48.3. The van der Waals surface area contributed by atoms with Crippen molar-refractivity contribution < 1.29 is 38.2 Å². The molecule has 8 nitrogen and oxygen atoms in total. The zero-order valence-electron chi connectivity index (χ0n) is 45.3. The van der Waals surface area contributed by atoms with E-state index in [4.69, 9.17) is 14.2 Å². The highest BCUT2D eigenvalue weighted by Crippen LogP contribution is 2.17. The number of carbonyl (C=O) groups is 3. The van der Waals surface area contributed by atoms with Gasteiger partial charge < -0.3 is 28.6 Å². The molecule has 0 amide bonds. The molecule has 0 aromatic carbocycles. The van der Waals surface area contributed by atoms with Gasteiger partial charge in [-0.15, -0.1) is 0 Å². The Morgan fingerprint density at radius 2 is 0.824 bits per heavy atom. The van der Waals surface area contributed by atoms with E-state index in [0.29, 0.717) is 12.8 Å². The highest BCUT2D eigenvalue weighted by atomic mass is 16.6. The second-order valence-corrected chi connectivity index (χ2v) is 20.5. The summed E-state index contributed by atoms with van der Waals surface area (Å²) < 4.78 is 17.3. The number of carboxylic acids is 1. The van der Waals surface area contributed by atoms with Crippen LogP contribution in [0.1, 0.15) is 264 Å². The Balaban J connectivity index is 4.16. The van der Waals surface area contributed by atoms with Gasteiger partial charge in [-0.05, 0) is 51.4 Å². The van der Waals surface area contributed by atoms with Crippen LogP contribution in [0.2, 0.25) is 0 Å². The maximum atomic E-state index is 12.8. The number of likely N-dealkylation sites (N-methyl/N-ethyl adjacent to an activating group) is 1. The number of carbonyl (C=O) groups excluding carboxylic acids is 3. The highest BCUT2D eigenvalue weighted by Gasteiger charge is 2.25. The number of quaternary nitrogens is 1. The predicted molar refractivity (Wildman–Crippen MR) is 286 cm³/mol. The predicted octanol–water partition coefficient (Wildman–Crippen LogP) is 15.8. The fourth-order valence-electron chi connectivity index (χ4n) is 8.59. The average molecular weight is 957 g/mol. The number of esters is 2. The molecule has 0 bridgehead atoms. The second-order valence-electron chi connectivity index (χ2n) is 20.5. The fourth-order valence-corrected chi connectivity index (χ4v) is 8.59. The molecule has 396 valence electrons. The third-order valence-corrected chi connectivity index (χ3v) is 13.0. The molecule has 2 atom stereocenters. The van der Waals surface area contributed by atoms with Crippen molar-refractivity contribution in [2.75, 3.05) is 41.0 Å². The molecular weight excluding hydrogens is 847 g/mol. The summed E-state index contributed by atoms with van der Waals surface area (Å²) >= 11 is 0. The first-order valence-electron chi connectivity index (χ1n) is 28.7. The molecule has 0 radical (unpaired) electrons. The van der Waals surface area contributed by atoms with E-state index in [0.717, 1.165) is 70.6 Å². The monoisotopic (exact) mass is 956 g/mol. The van der Waals surface area contributed by atoms with Gasteiger partial charge >= 0.3 is 11.9 Å². The lowest BCUT2D eigenvalue weighted by molar-refractivity contribution is -0.889. The lowest BCUT2D eigenvalue weighted by atomic mass is 10.0. The number of ether oxygens (including phenoxy) is 3. The van der Waals surface area contributed by atoms with Crippen molar-refractivity contribution in [3.63, 3.8) is 0 Å². The summed E-state index contributed by atoms with van der Waals surface area (Å²) in [5.74, 6) is -1.73. The van der Waals surface area contributed by atoms with Gasteiger partial charge in [0.2, 0.25) is 0 Å². The first kappa shape index (κ1) is 65.3. The highest BCUT2D eigenvalue weighted by molar-refractivity contribution is 5.70. The minimum absolute atomic E-state index is 0.0404. The van der Waals surface area contributed by atoms with Crippen molar-refractivity contribution in [1.29, 1.82) is 0 Å². The molecule has 0 saturated carbocycles. The number of hydrogen-bond acceptors (Lipinski definition) is 7. The van der Waals surface area contributed by atoms with Crippen LogP contribution < -0.4 is 5.11 Å². The molecule has 0 rings (SSSR count). The van der Waals surface area contributed by atoms with Gasteiger partial charge in [0.05, 0.1) is 40.3 Å². The normalized spacial score (nSPS) is 13.1. The first-order chi connectivity index (χ1) is 33.1. The number of aliphatic carboxylic acids is 1. The summed E-state index contributed by atoms with van der Waals surface area (Å²) in [6, 6.07) is -0.728. The number of nitrogens with zero attached hydrogens (tertiary/aromatic N) is 1. The van der Waals surface area contributed by atoms with E-state index in [9.17, 15) is 19.5 Å². The van der Waals surface area contributed by atoms with Crippen LogP contribution in [0, 0.1) is 0 Å². The van der Waals surface area contributed by atoms with Crippen LogP contribution in [-0.4, -0.2) is 75.5 Å². The Kier molecular flexibility index (Phi) is 48.7. The van der Waals surface area contributed by atoms with Crippen molar-refractivity contribution in [2.45, 2.75) is 276 Å². The zero-order valence-corrected chi connectivity index (χ0v) is 45.3. The summed E-state index contributed by atoms with van der Waals surface area (Å²) in [6.45, 7) is 4.59. The topological polar surface area (TPSA) is 102 Å². The van der Waals surface area contributed by atoms with E-state index in [1.807, 2.05) is 21.1 Å². The van der Waals surface area contributed by atoms with E-state index in [1.165, 1.54) is 161 Å². The van der Waals surface area contributed by atoms with Crippen LogP contribution in [0.5, 0.6) is 0 Å². The maximum absolute atomic E-state index is 12.8. The average Bonchev–Trinajstić information content (AvgIpc) is 3.30. The lowest BCUT2D eigenvalue weighted by Crippen LogP contribution is -2.55. The van der Waals surface area contributed by atoms with Crippen LogP contribution in [0.3, 0.4) is 0 Å². The maximum Gasteiger partial charge on any atom is 0.306 e. The fraction of sp³-hybridized carbons (Fsp3) is 0.817. The smallest absolute Gasteiger partial charge is 0.306 e. The minimum atomic E-state index is -1.12. The van der Waals surface area contributed by atoms with Crippen LogP contribution in [0.15, 0.2) is 48.6 Å². The number of carboxylic acid groups (broad SMARTS) is 1. The van der Waals surface area contributed by atoms with E-state index < -0.39 is 18.1 Å². The molecule has 0 aromatic heterocycles. The molecule has 2 unspecified atom stereocenters. The van der Waals surface area contributed by atoms with Crippen molar-refractivity contribution in [1.82, 2.24) is 0 Å². The molecule has 0 aromatic rings. The Bertz CT molecular complexity index is 1250. The SMILES string of the molecule is CC/C=C/C/C=C/C/C=C/C/C=C/CCCCCCCCCCCC(=O)OC(COCCC(C(=O)[O-])[N+](C)(C)C)COC(=O)CCCCCCCCCCCCCCCCCCCCCCCC.